The molecule has 0 radical (unpaired) electrons. The lowest BCUT2D eigenvalue weighted by Gasteiger charge is -2.27. The largest absolute Gasteiger partial charge is 0.444 e. The fraction of sp³-hybridized carbons (Fsp3) is 0.938. The van der Waals surface area contributed by atoms with Crippen LogP contribution in [0.3, 0.4) is 0 Å². The second kappa shape index (κ2) is 7.87. The summed E-state index contributed by atoms with van der Waals surface area (Å²) in [6.45, 7) is 10.7. The standard InChI is InChI=1S/C16H32N2O2/c1-6-12-9-8-10-14(12)18-13(7-2)11-17-15(19)20-16(3,4)5/h12-14,18H,6-11H2,1-5H3,(H,17,19). The van der Waals surface area contributed by atoms with E-state index in [9.17, 15) is 4.79 Å². The summed E-state index contributed by atoms with van der Waals surface area (Å²) in [5.74, 6) is 0.797. The van der Waals surface area contributed by atoms with Crippen molar-refractivity contribution in [3.8, 4) is 0 Å². The van der Waals surface area contributed by atoms with Gasteiger partial charge >= 0.3 is 6.09 Å². The Bertz CT molecular complexity index is 299. The fourth-order valence-corrected chi connectivity index (χ4v) is 2.89. The molecule has 1 rings (SSSR count). The van der Waals surface area contributed by atoms with Gasteiger partial charge in [-0.3, -0.25) is 0 Å². The highest BCUT2D eigenvalue weighted by molar-refractivity contribution is 5.67. The maximum atomic E-state index is 11.7. The van der Waals surface area contributed by atoms with Gasteiger partial charge in [-0.05, 0) is 46.0 Å². The van der Waals surface area contributed by atoms with Crippen molar-refractivity contribution in [2.75, 3.05) is 6.54 Å². The first-order valence-corrected chi connectivity index (χ1v) is 8.08. The summed E-state index contributed by atoms with van der Waals surface area (Å²) in [6.07, 6.45) is 5.87. The van der Waals surface area contributed by atoms with E-state index in [2.05, 4.69) is 24.5 Å². The topological polar surface area (TPSA) is 50.4 Å². The van der Waals surface area contributed by atoms with Gasteiger partial charge in [-0.2, -0.15) is 0 Å². The molecule has 0 bridgehead atoms. The minimum absolute atomic E-state index is 0.323. The van der Waals surface area contributed by atoms with Crippen LogP contribution in [0.2, 0.25) is 0 Å². The Kier molecular flexibility index (Phi) is 6.80. The van der Waals surface area contributed by atoms with Crippen molar-refractivity contribution in [3.63, 3.8) is 0 Å². The van der Waals surface area contributed by atoms with Crippen LogP contribution in [-0.4, -0.2) is 30.3 Å². The summed E-state index contributed by atoms with van der Waals surface area (Å²) in [6, 6.07) is 0.949. The van der Waals surface area contributed by atoms with Gasteiger partial charge in [-0.1, -0.05) is 26.7 Å². The van der Waals surface area contributed by atoms with E-state index in [4.69, 9.17) is 4.74 Å². The molecule has 0 aromatic carbocycles. The van der Waals surface area contributed by atoms with Crippen molar-refractivity contribution in [2.24, 2.45) is 5.92 Å². The highest BCUT2D eigenvalue weighted by Gasteiger charge is 2.27. The summed E-state index contributed by atoms with van der Waals surface area (Å²) in [7, 11) is 0. The molecule has 3 atom stereocenters. The first kappa shape index (κ1) is 17.3. The minimum atomic E-state index is -0.433. The number of alkyl carbamates (subject to hydrolysis) is 1. The Morgan fingerprint density at radius 2 is 2.00 bits per heavy atom. The van der Waals surface area contributed by atoms with Crippen LogP contribution in [0.4, 0.5) is 4.79 Å². The molecule has 4 heteroatoms. The van der Waals surface area contributed by atoms with Gasteiger partial charge in [0.2, 0.25) is 0 Å². The maximum Gasteiger partial charge on any atom is 0.407 e. The second-order valence-electron chi connectivity index (χ2n) is 6.86. The fourth-order valence-electron chi connectivity index (χ4n) is 2.89. The van der Waals surface area contributed by atoms with E-state index in [0.717, 1.165) is 12.3 Å². The summed E-state index contributed by atoms with van der Waals surface area (Å²) < 4.78 is 5.27. The smallest absolute Gasteiger partial charge is 0.407 e. The van der Waals surface area contributed by atoms with Gasteiger partial charge < -0.3 is 15.4 Å². The number of hydrogen-bond donors (Lipinski definition) is 2. The zero-order valence-corrected chi connectivity index (χ0v) is 13.8. The molecule has 4 nitrogen and oxygen atoms in total. The van der Waals surface area contributed by atoms with Crippen molar-refractivity contribution >= 4 is 6.09 Å². The number of amides is 1. The van der Waals surface area contributed by atoms with Crippen LogP contribution in [0.5, 0.6) is 0 Å². The van der Waals surface area contributed by atoms with Crippen LogP contribution in [0, 0.1) is 5.92 Å². The molecule has 0 aromatic rings. The molecule has 1 aliphatic carbocycles. The summed E-state index contributed by atoms with van der Waals surface area (Å²) >= 11 is 0. The summed E-state index contributed by atoms with van der Waals surface area (Å²) in [4.78, 5) is 11.7. The predicted molar refractivity (Wildman–Crippen MR) is 82.9 cm³/mol. The first-order valence-electron chi connectivity index (χ1n) is 8.08. The number of hydrogen-bond acceptors (Lipinski definition) is 3. The first-order chi connectivity index (χ1) is 9.35. The zero-order valence-electron chi connectivity index (χ0n) is 13.8. The van der Waals surface area contributed by atoms with Crippen LogP contribution in [-0.2, 0) is 4.74 Å². The van der Waals surface area contributed by atoms with E-state index in [-0.39, 0.29) is 6.09 Å². The molecule has 1 amide bonds. The van der Waals surface area contributed by atoms with E-state index < -0.39 is 5.60 Å². The van der Waals surface area contributed by atoms with E-state index in [1.165, 1.54) is 25.7 Å². The molecule has 20 heavy (non-hydrogen) atoms. The molecule has 1 saturated carbocycles. The average molecular weight is 284 g/mol. The molecule has 2 N–H and O–H groups in total. The zero-order chi connectivity index (χ0) is 15.2. The van der Waals surface area contributed by atoms with Crippen LogP contribution in [0.15, 0.2) is 0 Å². The molecular formula is C16H32N2O2. The highest BCUT2D eigenvalue weighted by atomic mass is 16.6. The van der Waals surface area contributed by atoms with Gasteiger partial charge in [0.25, 0.3) is 0 Å². The Balaban J connectivity index is 2.34. The van der Waals surface area contributed by atoms with Crippen molar-refractivity contribution in [2.45, 2.75) is 84.4 Å². The minimum Gasteiger partial charge on any atom is -0.444 e. The number of carbonyl (C=O) groups excluding carboxylic acids is 1. The van der Waals surface area contributed by atoms with Crippen molar-refractivity contribution in [1.82, 2.24) is 10.6 Å². The van der Waals surface area contributed by atoms with Gasteiger partial charge in [0.15, 0.2) is 0 Å². The third kappa shape index (κ3) is 6.12. The lowest BCUT2D eigenvalue weighted by molar-refractivity contribution is 0.0521. The molecule has 0 aliphatic heterocycles. The van der Waals surface area contributed by atoms with Gasteiger partial charge in [0.05, 0.1) is 0 Å². The van der Waals surface area contributed by atoms with Crippen LogP contribution >= 0.6 is 0 Å². The monoisotopic (exact) mass is 284 g/mol. The van der Waals surface area contributed by atoms with Gasteiger partial charge in [0, 0.05) is 18.6 Å². The quantitative estimate of drug-likeness (QED) is 0.785. The number of nitrogens with one attached hydrogen (secondary N) is 2. The molecule has 1 fully saturated rings. The van der Waals surface area contributed by atoms with Gasteiger partial charge in [-0.15, -0.1) is 0 Å². The Morgan fingerprint density at radius 3 is 2.55 bits per heavy atom. The van der Waals surface area contributed by atoms with Crippen LogP contribution in [0.1, 0.15) is 66.7 Å². The SMILES string of the molecule is CCC(CNC(=O)OC(C)(C)C)NC1CCCC1CC. The Hall–Kier alpha value is -0.770. The molecule has 0 heterocycles. The third-order valence-corrected chi connectivity index (χ3v) is 4.02. The van der Waals surface area contributed by atoms with Crippen molar-refractivity contribution in [3.05, 3.63) is 0 Å². The van der Waals surface area contributed by atoms with E-state index in [0.29, 0.717) is 18.6 Å². The summed E-state index contributed by atoms with van der Waals surface area (Å²) in [5, 5.41) is 6.59. The molecule has 3 unspecified atom stereocenters. The highest BCUT2D eigenvalue weighted by Crippen LogP contribution is 2.28. The Morgan fingerprint density at radius 1 is 1.30 bits per heavy atom. The van der Waals surface area contributed by atoms with Crippen LogP contribution < -0.4 is 10.6 Å². The third-order valence-electron chi connectivity index (χ3n) is 4.02. The molecule has 0 aromatic heterocycles. The lowest BCUT2D eigenvalue weighted by Crippen LogP contribution is -2.47. The predicted octanol–water partition coefficient (Wildman–Crippen LogP) is 3.46. The van der Waals surface area contributed by atoms with Crippen LogP contribution in [0.25, 0.3) is 0 Å². The maximum absolute atomic E-state index is 11.7. The number of rotatable bonds is 6. The number of ether oxygens (including phenoxy) is 1. The van der Waals surface area contributed by atoms with Gasteiger partial charge in [0.1, 0.15) is 5.60 Å². The molecular weight excluding hydrogens is 252 g/mol. The molecule has 1 aliphatic rings. The normalized spacial score (nSPS) is 24.4. The average Bonchev–Trinajstić information content (AvgIpc) is 2.79. The number of carbonyl (C=O) groups is 1. The molecule has 0 spiro atoms. The summed E-state index contributed by atoms with van der Waals surface area (Å²) in [5.41, 5.74) is -0.433. The van der Waals surface area contributed by atoms with Crippen molar-refractivity contribution in [1.29, 1.82) is 0 Å². The van der Waals surface area contributed by atoms with E-state index in [1.807, 2.05) is 20.8 Å². The van der Waals surface area contributed by atoms with Gasteiger partial charge in [-0.25, -0.2) is 4.79 Å². The van der Waals surface area contributed by atoms with E-state index >= 15 is 0 Å². The Labute approximate surface area is 124 Å². The van der Waals surface area contributed by atoms with Crippen molar-refractivity contribution < 1.29 is 9.53 Å². The molecule has 0 saturated heterocycles. The van der Waals surface area contributed by atoms with E-state index in [1.54, 1.807) is 0 Å². The second-order valence-corrected chi connectivity index (χ2v) is 6.86. The lowest BCUT2D eigenvalue weighted by atomic mass is 9.99. The molecule has 118 valence electrons.